The highest BCUT2D eigenvalue weighted by atomic mass is 16.5. The van der Waals surface area contributed by atoms with Crippen LogP contribution in [-0.4, -0.2) is 48.0 Å². The fourth-order valence-corrected chi connectivity index (χ4v) is 4.86. The van der Waals surface area contributed by atoms with Crippen LogP contribution in [0.25, 0.3) is 21.7 Å². The number of ether oxygens (including phenoxy) is 1. The molecule has 34 heavy (non-hydrogen) atoms. The Kier molecular flexibility index (Phi) is 6.07. The zero-order valence-electron chi connectivity index (χ0n) is 19.5. The molecule has 1 aliphatic heterocycles. The predicted octanol–water partition coefficient (Wildman–Crippen LogP) is 4.63. The lowest BCUT2D eigenvalue weighted by Gasteiger charge is -2.28. The van der Waals surface area contributed by atoms with Crippen molar-refractivity contribution in [1.82, 2.24) is 9.47 Å². The average Bonchev–Trinajstić information content (AvgIpc) is 3.21. The third-order valence-corrected chi connectivity index (χ3v) is 6.92. The standard InChI is InChI=1S/C28H30N4O2/c1-31-13-11-19(12-14-31)18-34-28(33)26-15-21-9-10-22(27(29)30)16-25(21)32(26)17-23-7-4-6-20-5-2-3-8-24(20)23/h2-10,15-16,19H,11-14,17-18H2,1H3,(H3,29,30). The van der Waals surface area contributed by atoms with E-state index >= 15 is 0 Å². The Morgan fingerprint density at radius 3 is 2.59 bits per heavy atom. The molecule has 1 saturated heterocycles. The molecule has 2 heterocycles. The number of nitrogens with one attached hydrogen (secondary N) is 1. The van der Waals surface area contributed by atoms with E-state index in [-0.39, 0.29) is 11.8 Å². The second-order valence-electron chi connectivity index (χ2n) is 9.29. The molecule has 0 bridgehead atoms. The number of rotatable bonds is 6. The first-order valence-electron chi connectivity index (χ1n) is 11.8. The molecule has 0 amide bonds. The summed E-state index contributed by atoms with van der Waals surface area (Å²) >= 11 is 0. The molecule has 6 heteroatoms. The van der Waals surface area contributed by atoms with Crippen molar-refractivity contribution in [2.24, 2.45) is 11.7 Å². The second kappa shape index (κ2) is 9.31. The van der Waals surface area contributed by atoms with Gasteiger partial charge in [0, 0.05) is 23.0 Å². The van der Waals surface area contributed by atoms with Gasteiger partial charge in [-0.25, -0.2) is 4.79 Å². The molecule has 174 valence electrons. The van der Waals surface area contributed by atoms with E-state index in [0.717, 1.165) is 53.2 Å². The van der Waals surface area contributed by atoms with Gasteiger partial charge in [0.2, 0.25) is 0 Å². The van der Waals surface area contributed by atoms with Gasteiger partial charge in [0.05, 0.1) is 6.61 Å². The molecule has 0 atom stereocenters. The van der Waals surface area contributed by atoms with Crippen LogP contribution in [0.1, 0.15) is 34.5 Å². The maximum atomic E-state index is 13.3. The van der Waals surface area contributed by atoms with Crippen molar-refractivity contribution >= 4 is 33.5 Å². The number of aromatic nitrogens is 1. The van der Waals surface area contributed by atoms with Gasteiger partial charge in [-0.1, -0.05) is 54.6 Å². The number of piperidine rings is 1. The lowest BCUT2D eigenvalue weighted by Crippen LogP contribution is -2.32. The van der Waals surface area contributed by atoms with Crippen molar-refractivity contribution in [1.29, 1.82) is 5.41 Å². The summed E-state index contributed by atoms with van der Waals surface area (Å²) in [5.74, 6) is 0.103. The van der Waals surface area contributed by atoms with Crippen molar-refractivity contribution in [3.63, 3.8) is 0 Å². The first-order valence-corrected chi connectivity index (χ1v) is 11.8. The molecule has 0 radical (unpaired) electrons. The second-order valence-corrected chi connectivity index (χ2v) is 9.29. The first kappa shape index (κ1) is 22.2. The average molecular weight is 455 g/mol. The van der Waals surface area contributed by atoms with E-state index in [2.05, 4.69) is 36.2 Å². The maximum Gasteiger partial charge on any atom is 0.355 e. The van der Waals surface area contributed by atoms with Gasteiger partial charge >= 0.3 is 5.97 Å². The van der Waals surface area contributed by atoms with Crippen molar-refractivity contribution in [3.8, 4) is 0 Å². The molecule has 6 nitrogen and oxygen atoms in total. The molecule has 1 aliphatic rings. The van der Waals surface area contributed by atoms with Crippen molar-refractivity contribution in [3.05, 3.63) is 83.6 Å². The number of amidine groups is 1. The van der Waals surface area contributed by atoms with Gasteiger partial charge in [-0.3, -0.25) is 5.41 Å². The van der Waals surface area contributed by atoms with Gasteiger partial charge in [-0.05, 0) is 67.4 Å². The number of nitrogens with two attached hydrogens (primary N) is 1. The Labute approximate surface area is 199 Å². The number of esters is 1. The molecule has 3 N–H and O–H groups in total. The Balaban J connectivity index is 1.51. The molecule has 1 aromatic heterocycles. The Morgan fingerprint density at radius 1 is 1.03 bits per heavy atom. The van der Waals surface area contributed by atoms with E-state index in [9.17, 15) is 4.79 Å². The summed E-state index contributed by atoms with van der Waals surface area (Å²) in [5.41, 5.74) is 8.91. The zero-order chi connectivity index (χ0) is 23.7. The monoisotopic (exact) mass is 454 g/mol. The van der Waals surface area contributed by atoms with E-state index in [4.69, 9.17) is 15.9 Å². The highest BCUT2D eigenvalue weighted by Crippen LogP contribution is 2.27. The molecule has 3 aromatic carbocycles. The van der Waals surface area contributed by atoms with Gasteiger partial charge in [0.1, 0.15) is 11.5 Å². The van der Waals surface area contributed by atoms with Crippen LogP contribution < -0.4 is 5.73 Å². The number of nitrogens with zero attached hydrogens (tertiary/aromatic N) is 2. The van der Waals surface area contributed by atoms with Gasteiger partial charge in [-0.2, -0.15) is 0 Å². The SMILES string of the molecule is CN1CCC(COC(=O)c2cc3ccc(C(=N)N)cc3n2Cc2cccc3ccccc23)CC1. The van der Waals surface area contributed by atoms with Crippen LogP contribution in [-0.2, 0) is 11.3 Å². The van der Waals surface area contributed by atoms with Crippen LogP contribution in [0, 0.1) is 11.3 Å². The summed E-state index contributed by atoms with van der Waals surface area (Å²) < 4.78 is 7.83. The fraction of sp³-hybridized carbons (Fsp3) is 0.286. The molecule has 0 saturated carbocycles. The summed E-state index contributed by atoms with van der Waals surface area (Å²) in [6.07, 6.45) is 2.09. The van der Waals surface area contributed by atoms with E-state index in [1.807, 2.05) is 47.0 Å². The molecule has 0 unspecified atom stereocenters. The van der Waals surface area contributed by atoms with Gasteiger partial charge in [-0.15, -0.1) is 0 Å². The summed E-state index contributed by atoms with van der Waals surface area (Å²) in [7, 11) is 2.13. The van der Waals surface area contributed by atoms with Gasteiger partial charge in [0.25, 0.3) is 0 Å². The topological polar surface area (TPSA) is 84.3 Å². The predicted molar refractivity (Wildman–Crippen MR) is 137 cm³/mol. The lowest BCUT2D eigenvalue weighted by molar-refractivity contribution is 0.0373. The van der Waals surface area contributed by atoms with Crippen molar-refractivity contribution in [2.45, 2.75) is 19.4 Å². The minimum Gasteiger partial charge on any atom is -0.461 e. The van der Waals surface area contributed by atoms with Crippen LogP contribution >= 0.6 is 0 Å². The Bertz CT molecular complexity index is 1360. The largest absolute Gasteiger partial charge is 0.461 e. The number of benzene rings is 3. The smallest absolute Gasteiger partial charge is 0.355 e. The molecule has 1 fully saturated rings. The van der Waals surface area contributed by atoms with E-state index in [0.29, 0.717) is 30.3 Å². The number of carbonyl (C=O) groups excluding carboxylic acids is 1. The summed E-state index contributed by atoms with van der Waals surface area (Å²) in [6, 6.07) is 22.0. The third-order valence-electron chi connectivity index (χ3n) is 6.92. The van der Waals surface area contributed by atoms with Crippen LogP contribution in [0.2, 0.25) is 0 Å². The Hall–Kier alpha value is -3.64. The molecule has 5 rings (SSSR count). The molecular weight excluding hydrogens is 424 g/mol. The van der Waals surface area contributed by atoms with Crippen LogP contribution in [0.3, 0.4) is 0 Å². The van der Waals surface area contributed by atoms with E-state index in [1.165, 1.54) is 0 Å². The highest BCUT2D eigenvalue weighted by Gasteiger charge is 2.22. The summed E-state index contributed by atoms with van der Waals surface area (Å²) in [5, 5.41) is 11.1. The number of hydrogen-bond acceptors (Lipinski definition) is 4. The number of hydrogen-bond donors (Lipinski definition) is 2. The van der Waals surface area contributed by atoms with Crippen LogP contribution in [0.5, 0.6) is 0 Å². The summed E-state index contributed by atoms with van der Waals surface area (Å²) in [4.78, 5) is 15.6. The Morgan fingerprint density at radius 2 is 1.79 bits per heavy atom. The third kappa shape index (κ3) is 4.41. The molecular formula is C28H30N4O2. The number of fused-ring (bicyclic) bond motifs is 2. The van der Waals surface area contributed by atoms with E-state index < -0.39 is 0 Å². The maximum absolute atomic E-state index is 13.3. The van der Waals surface area contributed by atoms with E-state index in [1.54, 1.807) is 0 Å². The summed E-state index contributed by atoms with van der Waals surface area (Å²) in [6.45, 7) is 3.04. The van der Waals surface area contributed by atoms with Gasteiger partial charge < -0.3 is 19.9 Å². The van der Waals surface area contributed by atoms with Crippen molar-refractivity contribution in [2.75, 3.05) is 26.7 Å². The number of nitrogen functional groups attached to an aromatic ring is 1. The molecule has 0 spiro atoms. The first-order chi connectivity index (χ1) is 16.5. The van der Waals surface area contributed by atoms with Crippen LogP contribution in [0.4, 0.5) is 0 Å². The highest BCUT2D eigenvalue weighted by molar-refractivity contribution is 6.01. The normalized spacial score (nSPS) is 15.1. The quantitative estimate of drug-likeness (QED) is 0.253. The van der Waals surface area contributed by atoms with Crippen LogP contribution in [0.15, 0.2) is 66.7 Å². The van der Waals surface area contributed by atoms with Gasteiger partial charge in [0.15, 0.2) is 0 Å². The minimum absolute atomic E-state index is 0.00574. The molecule has 0 aliphatic carbocycles. The molecule has 4 aromatic rings. The lowest BCUT2D eigenvalue weighted by atomic mass is 9.98. The van der Waals surface area contributed by atoms with Crippen molar-refractivity contribution < 1.29 is 9.53 Å². The zero-order valence-corrected chi connectivity index (χ0v) is 19.5. The fourth-order valence-electron chi connectivity index (χ4n) is 4.86. The number of likely N-dealkylation sites (tertiary alicyclic amines) is 1. The minimum atomic E-state index is -0.306. The number of carbonyl (C=O) groups is 1.